The number of thioether (sulfide) groups is 1. The number of nitrogens with zero attached hydrogens (tertiary/aromatic N) is 3. The van der Waals surface area contributed by atoms with Gasteiger partial charge in [-0.3, -0.25) is 5.84 Å². The highest BCUT2D eigenvalue weighted by Gasteiger charge is 2.18. The van der Waals surface area contributed by atoms with Gasteiger partial charge in [-0.2, -0.15) is 5.10 Å². The Morgan fingerprint density at radius 3 is 2.63 bits per heavy atom. The van der Waals surface area contributed by atoms with Crippen LogP contribution in [0.25, 0.3) is 0 Å². The Morgan fingerprint density at radius 2 is 2.05 bits per heavy atom. The van der Waals surface area contributed by atoms with E-state index in [2.05, 4.69) is 46.7 Å². The van der Waals surface area contributed by atoms with Crippen LogP contribution in [0.1, 0.15) is 31.3 Å². The summed E-state index contributed by atoms with van der Waals surface area (Å²) in [6, 6.07) is 8.25. The Labute approximate surface area is 117 Å². The van der Waals surface area contributed by atoms with E-state index in [0.29, 0.717) is 0 Å². The summed E-state index contributed by atoms with van der Waals surface area (Å²) in [7, 11) is 0. The minimum absolute atomic E-state index is 0.136. The van der Waals surface area contributed by atoms with Gasteiger partial charge in [-0.15, -0.1) is 11.8 Å². The molecule has 1 aromatic heterocycles. The van der Waals surface area contributed by atoms with Crippen molar-refractivity contribution < 1.29 is 0 Å². The van der Waals surface area contributed by atoms with Gasteiger partial charge in [-0.1, -0.05) is 19.1 Å². The molecule has 3 N–H and O–H groups in total. The maximum atomic E-state index is 5.68. The smallest absolute Gasteiger partial charge is 0.149 e. The van der Waals surface area contributed by atoms with Crippen LogP contribution in [0.4, 0.5) is 0 Å². The average molecular weight is 277 g/mol. The lowest BCUT2D eigenvalue weighted by atomic mass is 10.1. The Morgan fingerprint density at radius 1 is 1.32 bits per heavy atom. The number of rotatable bonds is 6. The van der Waals surface area contributed by atoms with Gasteiger partial charge < -0.3 is 0 Å². The Balaban J connectivity index is 2.26. The van der Waals surface area contributed by atoms with E-state index in [-0.39, 0.29) is 6.04 Å². The van der Waals surface area contributed by atoms with Crippen LogP contribution in [0.5, 0.6) is 0 Å². The molecule has 6 heteroatoms. The van der Waals surface area contributed by atoms with Crippen molar-refractivity contribution in [2.24, 2.45) is 5.84 Å². The van der Waals surface area contributed by atoms with Crippen molar-refractivity contribution in [1.29, 1.82) is 0 Å². The van der Waals surface area contributed by atoms with Crippen molar-refractivity contribution in [3.8, 4) is 0 Å². The molecule has 1 unspecified atom stereocenters. The van der Waals surface area contributed by atoms with Gasteiger partial charge in [0, 0.05) is 11.4 Å². The van der Waals surface area contributed by atoms with E-state index in [1.165, 1.54) is 4.90 Å². The SMILES string of the molecule is CCSc1ccc(C(NN)c2ncnn2CC)cc1. The number of benzene rings is 1. The van der Waals surface area contributed by atoms with Crippen molar-refractivity contribution in [3.05, 3.63) is 42.0 Å². The molecule has 0 saturated heterocycles. The molecule has 1 atom stereocenters. The lowest BCUT2D eigenvalue weighted by Crippen LogP contribution is -2.31. The van der Waals surface area contributed by atoms with E-state index in [1.807, 2.05) is 23.4 Å². The van der Waals surface area contributed by atoms with Crippen molar-refractivity contribution in [2.75, 3.05) is 5.75 Å². The molecule has 1 heterocycles. The molecule has 0 aliphatic rings. The molecule has 0 spiro atoms. The van der Waals surface area contributed by atoms with E-state index in [9.17, 15) is 0 Å². The lowest BCUT2D eigenvalue weighted by molar-refractivity contribution is 0.532. The topological polar surface area (TPSA) is 68.8 Å². The molecule has 0 radical (unpaired) electrons. The fourth-order valence-electron chi connectivity index (χ4n) is 1.98. The average Bonchev–Trinajstić information content (AvgIpc) is 2.90. The summed E-state index contributed by atoms with van der Waals surface area (Å²) in [5, 5.41) is 4.18. The highest BCUT2D eigenvalue weighted by molar-refractivity contribution is 7.99. The van der Waals surface area contributed by atoms with Crippen LogP contribution in [0.3, 0.4) is 0 Å². The van der Waals surface area contributed by atoms with Gasteiger partial charge in [0.25, 0.3) is 0 Å². The number of nitrogens with one attached hydrogen (secondary N) is 1. The lowest BCUT2D eigenvalue weighted by Gasteiger charge is -2.16. The van der Waals surface area contributed by atoms with Crippen LogP contribution in [-0.2, 0) is 6.54 Å². The fourth-order valence-corrected chi connectivity index (χ4v) is 2.65. The molecular weight excluding hydrogens is 258 g/mol. The van der Waals surface area contributed by atoms with E-state index in [0.717, 1.165) is 23.7 Å². The maximum absolute atomic E-state index is 5.68. The minimum atomic E-state index is -0.136. The first-order valence-corrected chi connectivity index (χ1v) is 7.35. The normalized spacial score (nSPS) is 12.6. The van der Waals surface area contributed by atoms with Crippen molar-refractivity contribution in [3.63, 3.8) is 0 Å². The van der Waals surface area contributed by atoms with Crippen molar-refractivity contribution in [1.82, 2.24) is 20.2 Å². The number of hydrazine groups is 1. The van der Waals surface area contributed by atoms with Crippen LogP contribution < -0.4 is 11.3 Å². The summed E-state index contributed by atoms with van der Waals surface area (Å²) in [6.07, 6.45) is 1.56. The van der Waals surface area contributed by atoms with Crippen LogP contribution in [0.15, 0.2) is 35.5 Å². The van der Waals surface area contributed by atoms with Gasteiger partial charge in [0.15, 0.2) is 0 Å². The van der Waals surface area contributed by atoms with E-state index < -0.39 is 0 Å². The molecule has 19 heavy (non-hydrogen) atoms. The Hall–Kier alpha value is -1.37. The minimum Gasteiger partial charge on any atom is -0.270 e. The van der Waals surface area contributed by atoms with Crippen molar-refractivity contribution >= 4 is 11.8 Å². The first-order chi connectivity index (χ1) is 9.30. The summed E-state index contributed by atoms with van der Waals surface area (Å²) < 4.78 is 1.85. The maximum Gasteiger partial charge on any atom is 0.149 e. The quantitative estimate of drug-likeness (QED) is 0.480. The second kappa shape index (κ2) is 6.70. The standard InChI is InChI=1S/C13H19N5S/c1-3-18-13(15-9-16-18)12(17-14)10-5-7-11(8-6-10)19-4-2/h5-9,12,17H,3-4,14H2,1-2H3. The zero-order chi connectivity index (χ0) is 13.7. The molecule has 1 aromatic carbocycles. The zero-order valence-corrected chi connectivity index (χ0v) is 12.0. The summed E-state index contributed by atoms with van der Waals surface area (Å²) in [5.41, 5.74) is 3.91. The van der Waals surface area contributed by atoms with Gasteiger partial charge in [-0.25, -0.2) is 15.1 Å². The highest BCUT2D eigenvalue weighted by atomic mass is 32.2. The largest absolute Gasteiger partial charge is 0.270 e. The molecule has 2 rings (SSSR count). The fraction of sp³-hybridized carbons (Fsp3) is 0.385. The third kappa shape index (κ3) is 3.15. The molecule has 2 aromatic rings. The van der Waals surface area contributed by atoms with Gasteiger partial charge in [0.1, 0.15) is 18.2 Å². The zero-order valence-electron chi connectivity index (χ0n) is 11.2. The highest BCUT2D eigenvalue weighted by Crippen LogP contribution is 2.23. The molecular formula is C13H19N5S. The van der Waals surface area contributed by atoms with Crippen molar-refractivity contribution in [2.45, 2.75) is 31.3 Å². The van der Waals surface area contributed by atoms with Gasteiger partial charge in [0.05, 0.1) is 0 Å². The summed E-state index contributed by atoms with van der Waals surface area (Å²) >= 11 is 1.82. The van der Waals surface area contributed by atoms with Crippen LogP contribution in [-0.4, -0.2) is 20.5 Å². The predicted molar refractivity (Wildman–Crippen MR) is 77.7 cm³/mol. The molecule has 0 aliphatic heterocycles. The second-order valence-corrected chi connectivity index (χ2v) is 5.37. The molecule has 0 bridgehead atoms. The summed E-state index contributed by atoms with van der Waals surface area (Å²) in [6.45, 7) is 4.95. The monoisotopic (exact) mass is 277 g/mol. The third-order valence-electron chi connectivity index (χ3n) is 2.89. The Bertz CT molecular complexity index is 508. The van der Waals surface area contributed by atoms with E-state index in [1.54, 1.807) is 6.33 Å². The van der Waals surface area contributed by atoms with Gasteiger partial charge >= 0.3 is 0 Å². The van der Waals surface area contributed by atoms with Crippen LogP contribution in [0, 0.1) is 0 Å². The molecule has 102 valence electrons. The summed E-state index contributed by atoms with van der Waals surface area (Å²) in [5.74, 6) is 7.59. The predicted octanol–water partition coefficient (Wildman–Crippen LogP) is 1.96. The number of nitrogens with two attached hydrogens (primary N) is 1. The van der Waals surface area contributed by atoms with Crippen LogP contribution in [0.2, 0.25) is 0 Å². The number of hydrogen-bond donors (Lipinski definition) is 2. The first kappa shape index (κ1) is 14.0. The number of aromatic nitrogens is 3. The molecule has 5 nitrogen and oxygen atoms in total. The number of hydrogen-bond acceptors (Lipinski definition) is 5. The summed E-state index contributed by atoms with van der Waals surface area (Å²) in [4.78, 5) is 5.56. The molecule has 0 amide bonds. The first-order valence-electron chi connectivity index (χ1n) is 6.36. The Kier molecular flexibility index (Phi) is 4.95. The molecule has 0 fully saturated rings. The molecule has 0 aliphatic carbocycles. The van der Waals surface area contributed by atoms with E-state index >= 15 is 0 Å². The van der Waals surface area contributed by atoms with Gasteiger partial charge in [0.2, 0.25) is 0 Å². The number of aryl methyl sites for hydroxylation is 1. The second-order valence-electron chi connectivity index (χ2n) is 4.04. The molecule has 0 saturated carbocycles. The van der Waals surface area contributed by atoms with Gasteiger partial charge in [-0.05, 0) is 30.4 Å². The third-order valence-corrected chi connectivity index (χ3v) is 3.79. The van der Waals surface area contributed by atoms with Crippen LogP contribution >= 0.6 is 11.8 Å². The van der Waals surface area contributed by atoms with E-state index in [4.69, 9.17) is 5.84 Å².